The number of benzene rings is 2. The number of carbonyl (C=O) groups is 2. The number of aromatic nitrogens is 1. The van der Waals surface area contributed by atoms with E-state index in [0.29, 0.717) is 28.9 Å². The Bertz CT molecular complexity index is 1110. The zero-order chi connectivity index (χ0) is 23.3. The molecule has 1 unspecified atom stereocenters. The van der Waals surface area contributed by atoms with Crippen molar-refractivity contribution in [1.82, 2.24) is 10.3 Å². The Kier molecular flexibility index (Phi) is 7.10. The zero-order valence-corrected chi connectivity index (χ0v) is 18.3. The summed E-state index contributed by atoms with van der Waals surface area (Å²) in [6.07, 6.45) is 3.68. The molecule has 1 amide bonds. The van der Waals surface area contributed by atoms with Gasteiger partial charge in [0, 0.05) is 30.6 Å². The normalized spacial score (nSPS) is 11.6. The highest BCUT2D eigenvalue weighted by atomic mass is 16.5. The fraction of sp³-hybridized carbons (Fsp3) is 0.240. The Morgan fingerprint density at radius 2 is 1.84 bits per heavy atom. The van der Waals surface area contributed by atoms with Crippen LogP contribution >= 0.6 is 0 Å². The Labute approximate surface area is 186 Å². The third-order valence-electron chi connectivity index (χ3n) is 5.38. The summed E-state index contributed by atoms with van der Waals surface area (Å²) in [4.78, 5) is 30.4. The van der Waals surface area contributed by atoms with Crippen LogP contribution in [0.5, 0.6) is 17.2 Å². The average Bonchev–Trinajstić information content (AvgIpc) is 2.82. The van der Waals surface area contributed by atoms with Gasteiger partial charge in [-0.25, -0.2) is 0 Å². The molecule has 0 fully saturated rings. The Balaban J connectivity index is 2.00. The molecule has 0 aliphatic rings. The van der Waals surface area contributed by atoms with Crippen molar-refractivity contribution in [3.05, 3.63) is 82.7 Å². The van der Waals surface area contributed by atoms with E-state index >= 15 is 0 Å². The first-order chi connectivity index (χ1) is 15.4. The summed E-state index contributed by atoms with van der Waals surface area (Å²) in [5.74, 6) is -1.51. The van der Waals surface area contributed by atoms with E-state index in [0.717, 1.165) is 11.6 Å². The van der Waals surface area contributed by atoms with Crippen LogP contribution in [0, 0.1) is 0 Å². The second-order valence-electron chi connectivity index (χ2n) is 7.39. The maximum absolute atomic E-state index is 13.4. The molecule has 3 aromatic rings. The summed E-state index contributed by atoms with van der Waals surface area (Å²) in [5, 5.41) is 23.9. The number of amides is 1. The first-order valence-corrected chi connectivity index (χ1v) is 10.3. The van der Waals surface area contributed by atoms with Crippen molar-refractivity contribution >= 4 is 11.7 Å². The third kappa shape index (κ3) is 4.72. The smallest absolute Gasteiger partial charge is 0.227 e. The van der Waals surface area contributed by atoms with E-state index in [4.69, 9.17) is 4.74 Å². The number of ketones is 1. The summed E-state index contributed by atoms with van der Waals surface area (Å²) < 4.78 is 5.14. The molecular weight excluding hydrogens is 408 g/mol. The van der Waals surface area contributed by atoms with Crippen LogP contribution in [-0.2, 0) is 17.8 Å². The molecule has 0 radical (unpaired) electrons. The Morgan fingerprint density at radius 1 is 1.12 bits per heavy atom. The number of carbonyl (C=O) groups excluding carboxylic acids is 2. The molecule has 32 heavy (non-hydrogen) atoms. The molecule has 0 spiro atoms. The summed E-state index contributed by atoms with van der Waals surface area (Å²) >= 11 is 0. The second-order valence-corrected chi connectivity index (χ2v) is 7.39. The molecule has 0 bridgehead atoms. The van der Waals surface area contributed by atoms with E-state index in [1.165, 1.54) is 7.11 Å². The average molecular weight is 434 g/mol. The topological polar surface area (TPSA) is 109 Å². The maximum Gasteiger partial charge on any atom is 0.227 e. The first kappa shape index (κ1) is 22.8. The van der Waals surface area contributed by atoms with Crippen molar-refractivity contribution in [2.45, 2.75) is 32.7 Å². The molecule has 0 saturated carbocycles. The van der Waals surface area contributed by atoms with Gasteiger partial charge in [-0.05, 0) is 60.4 Å². The van der Waals surface area contributed by atoms with Crippen molar-refractivity contribution in [3.63, 3.8) is 0 Å². The highest BCUT2D eigenvalue weighted by molar-refractivity contribution is 6.13. The molecule has 7 nitrogen and oxygen atoms in total. The van der Waals surface area contributed by atoms with Crippen molar-refractivity contribution in [3.8, 4) is 17.2 Å². The zero-order valence-electron chi connectivity index (χ0n) is 18.3. The molecule has 3 rings (SSSR count). The maximum atomic E-state index is 13.4. The van der Waals surface area contributed by atoms with Gasteiger partial charge in [-0.1, -0.05) is 13.0 Å². The number of pyridine rings is 1. The van der Waals surface area contributed by atoms with Crippen molar-refractivity contribution < 1.29 is 24.5 Å². The fourth-order valence-electron chi connectivity index (χ4n) is 3.67. The van der Waals surface area contributed by atoms with E-state index in [1.807, 2.05) is 13.0 Å². The standard InChI is InChI=1S/C25H26N2O5/c1-4-19-20(28)12-21(29)23(24(30)17-7-9-18(32-3)10-8-17)22(19)15(2)25(31)27-14-16-6-5-11-26-13-16/h5-13,15,28-29H,4,14H2,1-3H3,(H,27,31). The van der Waals surface area contributed by atoms with Crippen LogP contribution < -0.4 is 10.1 Å². The van der Waals surface area contributed by atoms with Crippen LogP contribution in [0.3, 0.4) is 0 Å². The fourth-order valence-corrected chi connectivity index (χ4v) is 3.67. The molecule has 1 atom stereocenters. The number of phenols is 2. The van der Waals surface area contributed by atoms with Gasteiger partial charge in [-0.15, -0.1) is 0 Å². The number of methoxy groups -OCH3 is 1. The van der Waals surface area contributed by atoms with Gasteiger partial charge in [0.1, 0.15) is 17.2 Å². The molecule has 0 saturated heterocycles. The number of hydrogen-bond donors (Lipinski definition) is 3. The van der Waals surface area contributed by atoms with Gasteiger partial charge in [-0.3, -0.25) is 14.6 Å². The quantitative estimate of drug-likeness (QED) is 0.467. The van der Waals surface area contributed by atoms with Crippen LogP contribution in [0.1, 0.15) is 52.4 Å². The largest absolute Gasteiger partial charge is 0.508 e. The lowest BCUT2D eigenvalue weighted by Gasteiger charge is -2.21. The number of nitrogens with one attached hydrogen (secondary N) is 1. The lowest BCUT2D eigenvalue weighted by molar-refractivity contribution is -0.122. The van der Waals surface area contributed by atoms with Crippen molar-refractivity contribution in [1.29, 1.82) is 0 Å². The van der Waals surface area contributed by atoms with E-state index in [2.05, 4.69) is 10.3 Å². The first-order valence-electron chi connectivity index (χ1n) is 10.3. The van der Waals surface area contributed by atoms with Gasteiger partial charge < -0.3 is 20.3 Å². The Hall–Kier alpha value is -3.87. The molecule has 0 aliphatic carbocycles. The SMILES string of the molecule is CCc1c(O)cc(O)c(C(=O)c2ccc(OC)cc2)c1C(C)C(=O)NCc1cccnc1. The minimum Gasteiger partial charge on any atom is -0.508 e. The van der Waals surface area contributed by atoms with E-state index in [9.17, 15) is 19.8 Å². The number of hydrogen-bond acceptors (Lipinski definition) is 6. The highest BCUT2D eigenvalue weighted by Gasteiger charge is 2.29. The van der Waals surface area contributed by atoms with Gasteiger partial charge in [0.2, 0.25) is 5.91 Å². The minimum atomic E-state index is -0.795. The van der Waals surface area contributed by atoms with Crippen molar-refractivity contribution in [2.75, 3.05) is 7.11 Å². The summed E-state index contributed by atoms with van der Waals surface area (Å²) in [6.45, 7) is 3.74. The number of rotatable bonds is 8. The number of ether oxygens (including phenoxy) is 1. The van der Waals surface area contributed by atoms with Crippen LogP contribution in [0.25, 0.3) is 0 Å². The summed E-state index contributed by atoms with van der Waals surface area (Å²) in [6, 6.07) is 11.3. The molecule has 3 N–H and O–H groups in total. The van der Waals surface area contributed by atoms with Gasteiger partial charge in [0.25, 0.3) is 0 Å². The van der Waals surface area contributed by atoms with Crippen LogP contribution in [-0.4, -0.2) is 34.0 Å². The van der Waals surface area contributed by atoms with Crippen LogP contribution in [0.15, 0.2) is 54.9 Å². The predicted molar refractivity (Wildman–Crippen MR) is 120 cm³/mol. The number of phenolic OH excluding ortho intramolecular Hbond substituents is 2. The van der Waals surface area contributed by atoms with Gasteiger partial charge in [0.15, 0.2) is 5.78 Å². The lowest BCUT2D eigenvalue weighted by atomic mass is 9.84. The molecule has 7 heteroatoms. The highest BCUT2D eigenvalue weighted by Crippen LogP contribution is 2.38. The van der Waals surface area contributed by atoms with Gasteiger partial charge >= 0.3 is 0 Å². The van der Waals surface area contributed by atoms with E-state index < -0.39 is 11.7 Å². The van der Waals surface area contributed by atoms with Crippen LogP contribution in [0.2, 0.25) is 0 Å². The summed E-state index contributed by atoms with van der Waals surface area (Å²) in [5.41, 5.74) is 1.93. The second kappa shape index (κ2) is 9.96. The van der Waals surface area contributed by atoms with Crippen molar-refractivity contribution in [2.24, 2.45) is 0 Å². The third-order valence-corrected chi connectivity index (χ3v) is 5.38. The van der Waals surface area contributed by atoms with E-state index in [1.54, 1.807) is 49.6 Å². The molecule has 2 aromatic carbocycles. The summed E-state index contributed by atoms with van der Waals surface area (Å²) in [7, 11) is 1.53. The van der Waals surface area contributed by atoms with Gasteiger partial charge in [0.05, 0.1) is 18.6 Å². The minimum absolute atomic E-state index is 0.00819. The molecule has 0 aliphatic heterocycles. The predicted octanol–water partition coefficient (Wildman–Crippen LogP) is 3.71. The van der Waals surface area contributed by atoms with Crippen LogP contribution in [0.4, 0.5) is 0 Å². The molecule has 1 aromatic heterocycles. The number of nitrogens with zero attached hydrogens (tertiary/aromatic N) is 1. The molecule has 166 valence electrons. The Morgan fingerprint density at radius 3 is 2.44 bits per heavy atom. The number of aromatic hydroxyl groups is 2. The van der Waals surface area contributed by atoms with Gasteiger partial charge in [-0.2, -0.15) is 0 Å². The molecule has 1 heterocycles. The lowest BCUT2D eigenvalue weighted by Crippen LogP contribution is -2.29. The monoisotopic (exact) mass is 434 g/mol. The molecular formula is C25H26N2O5. The van der Waals surface area contributed by atoms with E-state index in [-0.39, 0.29) is 29.5 Å².